The molecule has 1 N–H and O–H groups in total. The van der Waals surface area contributed by atoms with Gasteiger partial charge < -0.3 is 4.57 Å². The van der Waals surface area contributed by atoms with Gasteiger partial charge in [-0.25, -0.2) is 9.69 Å². The number of hydrogen-bond acceptors (Lipinski definition) is 3. The highest BCUT2D eigenvalue weighted by molar-refractivity contribution is 6.39. The maximum atomic E-state index is 13.0. The number of imide groups is 2. The van der Waals surface area contributed by atoms with Gasteiger partial charge >= 0.3 is 6.03 Å². The van der Waals surface area contributed by atoms with Crippen LogP contribution in [0.3, 0.4) is 0 Å². The van der Waals surface area contributed by atoms with Crippen LogP contribution < -0.4 is 10.2 Å². The lowest BCUT2D eigenvalue weighted by Crippen LogP contribution is -2.54. The zero-order valence-corrected chi connectivity index (χ0v) is 16.3. The summed E-state index contributed by atoms with van der Waals surface area (Å²) in [6, 6.07) is 16.1. The number of benzene rings is 2. The van der Waals surface area contributed by atoms with Crippen molar-refractivity contribution in [3.63, 3.8) is 0 Å². The molecule has 0 unspecified atom stereocenters. The highest BCUT2D eigenvalue weighted by Crippen LogP contribution is 2.25. The quantitative estimate of drug-likeness (QED) is 0.497. The number of halogens is 2. The van der Waals surface area contributed by atoms with Gasteiger partial charge in [0.05, 0.1) is 5.69 Å². The van der Waals surface area contributed by atoms with Crippen LogP contribution in [-0.4, -0.2) is 22.4 Å². The first-order chi connectivity index (χ1) is 13.9. The SMILES string of the molecule is O=C1NC(=O)N(c2cccc(Cl)c2)C(=O)C1=Cc1cccn1-c1ccc(Cl)cc1. The van der Waals surface area contributed by atoms with Crippen molar-refractivity contribution < 1.29 is 14.4 Å². The summed E-state index contributed by atoms with van der Waals surface area (Å²) in [4.78, 5) is 38.5. The number of nitrogens with one attached hydrogen (secondary N) is 1. The van der Waals surface area contributed by atoms with E-state index in [0.29, 0.717) is 15.7 Å². The Balaban J connectivity index is 1.75. The van der Waals surface area contributed by atoms with E-state index in [1.54, 1.807) is 53.2 Å². The number of rotatable bonds is 3. The molecule has 0 bridgehead atoms. The smallest absolute Gasteiger partial charge is 0.317 e. The van der Waals surface area contributed by atoms with Crippen LogP contribution in [0.4, 0.5) is 10.5 Å². The Hall–Kier alpha value is -3.35. The molecule has 1 fully saturated rings. The number of anilines is 1. The Labute approximate surface area is 175 Å². The summed E-state index contributed by atoms with van der Waals surface area (Å²) in [5.74, 6) is -1.49. The highest BCUT2D eigenvalue weighted by Gasteiger charge is 2.37. The summed E-state index contributed by atoms with van der Waals surface area (Å²) in [6.45, 7) is 0. The van der Waals surface area contributed by atoms with Crippen LogP contribution in [0.5, 0.6) is 0 Å². The number of carbonyl (C=O) groups excluding carboxylic acids is 3. The van der Waals surface area contributed by atoms with Crippen LogP contribution >= 0.6 is 23.2 Å². The molecule has 2 aromatic carbocycles. The first-order valence-corrected chi connectivity index (χ1v) is 9.30. The topological polar surface area (TPSA) is 71.4 Å². The van der Waals surface area contributed by atoms with E-state index in [1.807, 2.05) is 12.1 Å². The molecule has 4 amide bonds. The van der Waals surface area contributed by atoms with Crippen molar-refractivity contribution >= 4 is 52.8 Å². The van der Waals surface area contributed by atoms with E-state index in [9.17, 15) is 14.4 Å². The fourth-order valence-corrected chi connectivity index (χ4v) is 3.31. The second kappa shape index (κ2) is 7.58. The minimum Gasteiger partial charge on any atom is -0.317 e. The molecule has 2 heterocycles. The van der Waals surface area contributed by atoms with Crippen molar-refractivity contribution in [2.24, 2.45) is 0 Å². The van der Waals surface area contributed by atoms with Crippen LogP contribution in [0.2, 0.25) is 10.0 Å². The predicted octanol–water partition coefficient (Wildman–Crippen LogP) is 4.45. The number of urea groups is 1. The molecule has 0 aliphatic carbocycles. The number of aromatic nitrogens is 1. The van der Waals surface area contributed by atoms with Crippen molar-refractivity contribution in [3.8, 4) is 5.69 Å². The van der Waals surface area contributed by atoms with Gasteiger partial charge in [-0.2, -0.15) is 0 Å². The molecule has 8 heteroatoms. The van der Waals surface area contributed by atoms with Crippen molar-refractivity contribution in [3.05, 3.63) is 88.2 Å². The Morgan fingerprint density at radius 3 is 2.31 bits per heavy atom. The molecule has 3 aromatic rings. The van der Waals surface area contributed by atoms with E-state index in [-0.39, 0.29) is 11.3 Å². The van der Waals surface area contributed by atoms with E-state index in [1.165, 1.54) is 12.1 Å². The van der Waals surface area contributed by atoms with Crippen LogP contribution in [0.15, 0.2) is 72.4 Å². The highest BCUT2D eigenvalue weighted by atomic mass is 35.5. The largest absolute Gasteiger partial charge is 0.335 e. The Bertz CT molecular complexity index is 1170. The van der Waals surface area contributed by atoms with E-state index < -0.39 is 17.8 Å². The summed E-state index contributed by atoms with van der Waals surface area (Å²) in [5, 5.41) is 3.15. The second-order valence-electron chi connectivity index (χ2n) is 6.22. The third kappa shape index (κ3) is 3.68. The van der Waals surface area contributed by atoms with E-state index >= 15 is 0 Å². The van der Waals surface area contributed by atoms with Crippen molar-refractivity contribution in [2.75, 3.05) is 4.90 Å². The molecule has 0 radical (unpaired) electrons. The fraction of sp³-hybridized carbons (Fsp3) is 0. The van der Waals surface area contributed by atoms with Crippen molar-refractivity contribution in [1.29, 1.82) is 0 Å². The molecule has 29 heavy (non-hydrogen) atoms. The third-order valence-corrected chi connectivity index (χ3v) is 4.83. The van der Waals surface area contributed by atoms with Crippen molar-refractivity contribution in [2.45, 2.75) is 0 Å². The molecule has 4 rings (SSSR count). The standard InChI is InChI=1S/C21H13Cl2N3O3/c22-13-6-8-15(9-7-13)25-10-2-5-16(25)12-18-19(27)24-21(29)26(20(18)28)17-4-1-3-14(23)11-17/h1-12H,(H,24,27,29). The molecule has 1 aliphatic heterocycles. The van der Waals surface area contributed by atoms with Crippen LogP contribution in [0.1, 0.15) is 5.69 Å². The lowest BCUT2D eigenvalue weighted by molar-refractivity contribution is -0.122. The molecule has 0 atom stereocenters. The fourth-order valence-electron chi connectivity index (χ4n) is 3.00. The predicted molar refractivity (Wildman–Crippen MR) is 111 cm³/mol. The molecular weight excluding hydrogens is 413 g/mol. The minimum atomic E-state index is -0.826. The van der Waals surface area contributed by atoms with Crippen LogP contribution in [-0.2, 0) is 9.59 Å². The molecule has 0 spiro atoms. The number of barbiturate groups is 1. The summed E-state index contributed by atoms with van der Waals surface area (Å²) < 4.78 is 1.80. The van der Waals surface area contributed by atoms with Gasteiger partial charge in [0.15, 0.2) is 0 Å². The summed E-state index contributed by atoms with van der Waals surface area (Å²) >= 11 is 11.9. The van der Waals surface area contributed by atoms with Gasteiger partial charge in [0.1, 0.15) is 5.57 Å². The third-order valence-electron chi connectivity index (χ3n) is 4.35. The van der Waals surface area contributed by atoms with Gasteiger partial charge in [-0.1, -0.05) is 29.3 Å². The summed E-state index contributed by atoms with van der Waals surface area (Å²) in [5.41, 5.74) is 1.49. The summed E-state index contributed by atoms with van der Waals surface area (Å²) in [6.07, 6.45) is 3.23. The van der Waals surface area contributed by atoms with E-state index in [4.69, 9.17) is 23.2 Å². The number of nitrogens with zero attached hydrogens (tertiary/aromatic N) is 2. The lowest BCUT2D eigenvalue weighted by Gasteiger charge is -2.26. The molecule has 1 saturated heterocycles. The lowest BCUT2D eigenvalue weighted by atomic mass is 10.1. The van der Waals surface area contributed by atoms with Gasteiger partial charge in [-0.15, -0.1) is 0 Å². The van der Waals surface area contributed by atoms with Crippen LogP contribution in [0, 0.1) is 0 Å². The van der Waals surface area contributed by atoms with Gasteiger partial charge in [0, 0.05) is 27.6 Å². The molecule has 1 aliphatic rings. The minimum absolute atomic E-state index is 0.168. The zero-order valence-electron chi connectivity index (χ0n) is 14.8. The zero-order chi connectivity index (χ0) is 20.5. The Kier molecular flexibility index (Phi) is 4.96. The molecular formula is C21H13Cl2N3O3. The van der Waals surface area contributed by atoms with Gasteiger partial charge in [0.2, 0.25) is 0 Å². The molecule has 1 aromatic heterocycles. The van der Waals surface area contributed by atoms with Gasteiger partial charge in [-0.3, -0.25) is 14.9 Å². The molecule has 6 nitrogen and oxygen atoms in total. The molecule has 0 saturated carbocycles. The van der Waals surface area contributed by atoms with Crippen molar-refractivity contribution in [1.82, 2.24) is 9.88 Å². The summed E-state index contributed by atoms with van der Waals surface area (Å²) in [7, 11) is 0. The number of carbonyl (C=O) groups is 3. The van der Waals surface area contributed by atoms with Crippen LogP contribution in [0.25, 0.3) is 11.8 Å². The van der Waals surface area contributed by atoms with E-state index in [2.05, 4.69) is 5.32 Å². The number of amides is 4. The number of hydrogen-bond donors (Lipinski definition) is 1. The first-order valence-electron chi connectivity index (χ1n) is 8.54. The Morgan fingerprint density at radius 2 is 1.59 bits per heavy atom. The average molecular weight is 426 g/mol. The Morgan fingerprint density at radius 1 is 0.828 bits per heavy atom. The van der Waals surface area contributed by atoms with E-state index in [0.717, 1.165) is 10.6 Å². The molecule has 144 valence electrons. The second-order valence-corrected chi connectivity index (χ2v) is 7.09. The van der Waals surface area contributed by atoms with Gasteiger partial charge in [-0.05, 0) is 60.7 Å². The van der Waals surface area contributed by atoms with Gasteiger partial charge in [0.25, 0.3) is 11.8 Å². The first kappa shape index (κ1) is 19.0. The monoisotopic (exact) mass is 425 g/mol. The maximum Gasteiger partial charge on any atom is 0.335 e. The maximum absolute atomic E-state index is 13.0. The normalized spacial score (nSPS) is 15.7. The average Bonchev–Trinajstić information content (AvgIpc) is 3.14.